The normalized spacial score (nSPS) is 14.1. The number of anilines is 1. The first-order valence-electron chi connectivity index (χ1n) is 15.7. The minimum absolute atomic E-state index is 0.0279. The number of hydrogen-bond donors (Lipinski definition) is 1. The molecule has 1 aliphatic rings. The molecule has 0 bridgehead atoms. The maximum atomic E-state index is 14.7. The summed E-state index contributed by atoms with van der Waals surface area (Å²) in [6, 6.07) is 29.4. The number of carbonyl (C=O) groups is 2. The summed E-state index contributed by atoms with van der Waals surface area (Å²) >= 11 is 6.60. The average molecular weight is 658 g/mol. The number of amides is 2. The quantitative estimate of drug-likeness (QED) is 0.181. The van der Waals surface area contributed by atoms with Crippen molar-refractivity contribution in [2.45, 2.75) is 69.5 Å². The van der Waals surface area contributed by atoms with E-state index in [0.717, 1.165) is 42.4 Å². The largest absolute Gasteiger partial charge is 0.352 e. The van der Waals surface area contributed by atoms with E-state index in [1.165, 1.54) is 21.3 Å². The number of aryl methyl sites for hydroxylation is 1. The van der Waals surface area contributed by atoms with E-state index in [1.807, 2.05) is 62.4 Å². The van der Waals surface area contributed by atoms with Gasteiger partial charge in [-0.25, -0.2) is 8.42 Å². The number of carbonyl (C=O) groups excluding carboxylic acids is 2. The zero-order chi connectivity index (χ0) is 32.7. The lowest BCUT2D eigenvalue weighted by molar-refractivity contribution is -0.140. The van der Waals surface area contributed by atoms with Crippen molar-refractivity contribution in [2.24, 2.45) is 0 Å². The number of rotatable bonds is 12. The summed E-state index contributed by atoms with van der Waals surface area (Å²) in [5.41, 5.74) is 3.59. The summed E-state index contributed by atoms with van der Waals surface area (Å²) in [5.74, 6) is -0.775. The van der Waals surface area contributed by atoms with Crippen molar-refractivity contribution in [1.29, 1.82) is 0 Å². The van der Waals surface area contributed by atoms with E-state index >= 15 is 0 Å². The maximum Gasteiger partial charge on any atom is 0.264 e. The number of hydrogen-bond acceptors (Lipinski definition) is 4. The van der Waals surface area contributed by atoms with Crippen LogP contribution in [-0.2, 0) is 32.6 Å². The van der Waals surface area contributed by atoms with Crippen LogP contribution in [0.2, 0.25) is 5.02 Å². The first-order chi connectivity index (χ1) is 22.1. The molecule has 1 atom stereocenters. The predicted molar refractivity (Wildman–Crippen MR) is 183 cm³/mol. The molecule has 0 saturated heterocycles. The highest BCUT2D eigenvalue weighted by atomic mass is 35.5. The van der Waals surface area contributed by atoms with Crippen molar-refractivity contribution in [1.82, 2.24) is 10.2 Å². The molecule has 0 unspecified atom stereocenters. The fourth-order valence-corrected chi connectivity index (χ4v) is 7.66. The van der Waals surface area contributed by atoms with Crippen molar-refractivity contribution >= 4 is 39.1 Å². The van der Waals surface area contributed by atoms with Crippen LogP contribution >= 0.6 is 11.6 Å². The standard InChI is InChI=1S/C37H40ClN3O4S/c1-27-14-13-23-34(28(27)2)41(46(44,45)32-20-7-4-8-21-32)26-36(42)40(25-30-17-9-12-22-33(30)38)35(24-29-15-5-3-6-16-29)37(43)39-31-18-10-11-19-31/h3-9,12-17,20-23,31,35H,10-11,18-19,24-26H2,1-2H3,(H,39,43)/t35-/m0/s1. The van der Waals surface area contributed by atoms with E-state index in [1.54, 1.807) is 42.5 Å². The molecule has 9 heteroatoms. The molecule has 4 aromatic carbocycles. The zero-order valence-corrected chi connectivity index (χ0v) is 27.8. The molecule has 0 aromatic heterocycles. The molecule has 5 rings (SSSR count). The van der Waals surface area contributed by atoms with E-state index in [0.29, 0.717) is 16.3 Å². The summed E-state index contributed by atoms with van der Waals surface area (Å²) in [6.45, 7) is 3.27. The summed E-state index contributed by atoms with van der Waals surface area (Å²) < 4.78 is 29.7. The molecule has 1 fully saturated rings. The van der Waals surface area contributed by atoms with Crippen molar-refractivity contribution < 1.29 is 18.0 Å². The van der Waals surface area contributed by atoms with E-state index in [2.05, 4.69) is 5.32 Å². The van der Waals surface area contributed by atoms with Gasteiger partial charge in [-0.05, 0) is 73.2 Å². The number of benzene rings is 4. The van der Waals surface area contributed by atoms with Crippen LogP contribution in [0.4, 0.5) is 5.69 Å². The van der Waals surface area contributed by atoms with Gasteiger partial charge in [-0.1, -0.05) is 103 Å². The molecule has 0 radical (unpaired) electrons. The Labute approximate surface area is 277 Å². The summed E-state index contributed by atoms with van der Waals surface area (Å²) in [7, 11) is -4.17. The van der Waals surface area contributed by atoms with Crippen LogP contribution in [0.3, 0.4) is 0 Å². The third-order valence-electron chi connectivity index (χ3n) is 8.73. The Bertz CT molecular complexity index is 1760. The molecule has 1 aliphatic carbocycles. The Kier molecular flexibility index (Phi) is 10.8. The van der Waals surface area contributed by atoms with Crippen molar-refractivity contribution in [3.8, 4) is 0 Å². The molecule has 46 heavy (non-hydrogen) atoms. The smallest absolute Gasteiger partial charge is 0.264 e. The van der Waals surface area contributed by atoms with E-state index < -0.39 is 28.5 Å². The predicted octanol–water partition coefficient (Wildman–Crippen LogP) is 6.85. The molecule has 0 aliphatic heterocycles. The zero-order valence-electron chi connectivity index (χ0n) is 26.2. The highest BCUT2D eigenvalue weighted by Gasteiger charge is 2.36. The SMILES string of the molecule is Cc1cccc(N(CC(=O)N(Cc2ccccc2Cl)[C@@H](Cc2ccccc2)C(=O)NC2CCCC2)S(=O)(=O)c2ccccc2)c1C. The highest BCUT2D eigenvalue weighted by molar-refractivity contribution is 7.92. The van der Waals surface area contributed by atoms with Gasteiger partial charge in [0.25, 0.3) is 10.0 Å². The van der Waals surface area contributed by atoms with E-state index in [-0.39, 0.29) is 29.8 Å². The molecule has 0 spiro atoms. The first kappa shape index (κ1) is 33.2. The second-order valence-electron chi connectivity index (χ2n) is 11.9. The Morgan fingerprint density at radius 2 is 1.48 bits per heavy atom. The number of sulfonamides is 1. The van der Waals surface area contributed by atoms with Crippen LogP contribution in [0, 0.1) is 13.8 Å². The molecule has 2 amide bonds. The van der Waals surface area contributed by atoms with Crippen LogP contribution in [0.15, 0.2) is 108 Å². The fraction of sp³-hybridized carbons (Fsp3) is 0.297. The highest BCUT2D eigenvalue weighted by Crippen LogP contribution is 2.30. The van der Waals surface area contributed by atoms with Crippen molar-refractivity contribution in [3.05, 3.63) is 130 Å². The maximum absolute atomic E-state index is 14.7. The van der Waals surface area contributed by atoms with Gasteiger partial charge in [-0.15, -0.1) is 0 Å². The lowest BCUT2D eigenvalue weighted by atomic mass is 10.0. The Balaban J connectivity index is 1.59. The molecular formula is C37H40ClN3O4S. The molecule has 1 saturated carbocycles. The Hall–Kier alpha value is -4.14. The van der Waals surface area contributed by atoms with Gasteiger partial charge in [0.05, 0.1) is 10.6 Å². The number of nitrogens with one attached hydrogen (secondary N) is 1. The van der Waals surface area contributed by atoms with Crippen LogP contribution in [0.1, 0.15) is 47.9 Å². The molecule has 4 aromatic rings. The second-order valence-corrected chi connectivity index (χ2v) is 14.1. The third kappa shape index (κ3) is 7.80. The average Bonchev–Trinajstić information content (AvgIpc) is 3.57. The van der Waals surface area contributed by atoms with Gasteiger partial charge < -0.3 is 10.2 Å². The molecular weight excluding hydrogens is 618 g/mol. The van der Waals surface area contributed by atoms with Gasteiger partial charge in [0.15, 0.2) is 0 Å². The van der Waals surface area contributed by atoms with Gasteiger partial charge in [-0.3, -0.25) is 13.9 Å². The molecule has 0 heterocycles. The van der Waals surface area contributed by atoms with Gasteiger partial charge in [0.1, 0.15) is 12.6 Å². The van der Waals surface area contributed by atoms with Crippen molar-refractivity contribution in [2.75, 3.05) is 10.8 Å². The Morgan fingerprint density at radius 1 is 0.848 bits per heavy atom. The van der Waals surface area contributed by atoms with Crippen molar-refractivity contribution in [3.63, 3.8) is 0 Å². The van der Waals surface area contributed by atoms with E-state index in [4.69, 9.17) is 11.6 Å². The number of halogens is 1. The lowest BCUT2D eigenvalue weighted by Crippen LogP contribution is -2.54. The number of nitrogens with zero attached hydrogens (tertiary/aromatic N) is 2. The monoisotopic (exact) mass is 657 g/mol. The topological polar surface area (TPSA) is 86.8 Å². The lowest BCUT2D eigenvalue weighted by Gasteiger charge is -2.35. The van der Waals surface area contributed by atoms with Crippen LogP contribution in [-0.4, -0.2) is 43.8 Å². The van der Waals surface area contributed by atoms with E-state index in [9.17, 15) is 18.0 Å². The van der Waals surface area contributed by atoms with Gasteiger partial charge in [0, 0.05) is 24.0 Å². The van der Waals surface area contributed by atoms with Gasteiger partial charge >= 0.3 is 0 Å². The third-order valence-corrected chi connectivity index (χ3v) is 10.9. The van der Waals surface area contributed by atoms with Gasteiger partial charge in [0.2, 0.25) is 11.8 Å². The molecule has 1 N–H and O–H groups in total. The summed E-state index contributed by atoms with van der Waals surface area (Å²) in [5, 5.41) is 3.65. The van der Waals surface area contributed by atoms with Crippen LogP contribution in [0.5, 0.6) is 0 Å². The van der Waals surface area contributed by atoms with Gasteiger partial charge in [-0.2, -0.15) is 0 Å². The fourth-order valence-electron chi connectivity index (χ4n) is 5.97. The Morgan fingerprint density at radius 3 is 2.15 bits per heavy atom. The second kappa shape index (κ2) is 15.0. The minimum Gasteiger partial charge on any atom is -0.352 e. The summed E-state index contributed by atoms with van der Waals surface area (Å²) in [6.07, 6.45) is 4.11. The molecule has 240 valence electrons. The van der Waals surface area contributed by atoms with Crippen LogP contribution < -0.4 is 9.62 Å². The summed E-state index contributed by atoms with van der Waals surface area (Å²) in [4.78, 5) is 30.4. The van der Waals surface area contributed by atoms with Crippen LogP contribution in [0.25, 0.3) is 0 Å². The minimum atomic E-state index is -4.17. The molecule has 7 nitrogen and oxygen atoms in total. The first-order valence-corrected chi connectivity index (χ1v) is 17.5.